The predicted octanol–water partition coefficient (Wildman–Crippen LogP) is 2.12. The van der Waals surface area contributed by atoms with Crippen molar-refractivity contribution >= 4 is 16.2 Å². The Morgan fingerprint density at radius 3 is 1.94 bits per heavy atom. The molecule has 0 radical (unpaired) electrons. The summed E-state index contributed by atoms with van der Waals surface area (Å²) in [4.78, 5) is 11.7. The monoisotopic (exact) mass is 242 g/mol. The summed E-state index contributed by atoms with van der Waals surface area (Å²) in [5, 5.41) is -0.287. The molecule has 2 unspecified atom stereocenters. The minimum absolute atomic E-state index is 0.254. The number of ether oxygens (including phenoxy) is 1. The lowest BCUT2D eigenvalue weighted by Crippen LogP contribution is -2.48. The maximum Gasteiger partial charge on any atom is 0.333 e. The Morgan fingerprint density at radius 2 is 1.69 bits per heavy atom. The molecule has 0 aromatic rings. The van der Waals surface area contributed by atoms with Gasteiger partial charge in [0.1, 0.15) is 0 Å². The molecule has 0 saturated heterocycles. The van der Waals surface area contributed by atoms with E-state index >= 15 is 0 Å². The van der Waals surface area contributed by atoms with Crippen LogP contribution in [0.15, 0.2) is 12.2 Å². The van der Waals surface area contributed by atoms with E-state index in [0.29, 0.717) is 23.3 Å². The average Bonchev–Trinajstić information content (AvgIpc) is 2.15. The Balaban J connectivity index is 4.98. The molecule has 0 aliphatic rings. The summed E-state index contributed by atoms with van der Waals surface area (Å²) in [6.45, 7) is 16.1. The van der Waals surface area contributed by atoms with E-state index in [0.717, 1.165) is 10.2 Å². The summed E-state index contributed by atoms with van der Waals surface area (Å²) < 4.78 is 5.71. The zero-order chi connectivity index (χ0) is 13.1. The Labute approximate surface area is 103 Å². The molecular formula is C13H26O2Si. The quantitative estimate of drug-likeness (QED) is 0.419. The minimum atomic E-state index is -0.287. The van der Waals surface area contributed by atoms with E-state index in [1.807, 2.05) is 0 Å². The highest BCUT2D eigenvalue weighted by Gasteiger charge is 2.39. The number of hydrogen-bond acceptors (Lipinski definition) is 2. The second kappa shape index (κ2) is 5.67. The highest BCUT2D eigenvalue weighted by molar-refractivity contribution is 6.16. The van der Waals surface area contributed by atoms with Crippen LogP contribution in [0.2, 0.25) is 0 Å². The third-order valence-electron chi connectivity index (χ3n) is 3.71. The lowest BCUT2D eigenvalue weighted by atomic mass is 9.85. The Bertz CT molecular complexity index is 271. The van der Waals surface area contributed by atoms with Crippen LogP contribution in [0.5, 0.6) is 0 Å². The summed E-state index contributed by atoms with van der Waals surface area (Å²) in [6, 6.07) is 0. The number of rotatable bonds is 5. The first kappa shape index (κ1) is 15.4. The molecule has 2 nitrogen and oxygen atoms in total. The lowest BCUT2D eigenvalue weighted by Gasteiger charge is -2.41. The van der Waals surface area contributed by atoms with Crippen molar-refractivity contribution in [1.29, 1.82) is 0 Å². The molecule has 0 bridgehead atoms. The van der Waals surface area contributed by atoms with Crippen LogP contribution in [0.1, 0.15) is 41.5 Å². The van der Waals surface area contributed by atoms with Crippen molar-refractivity contribution in [3.05, 3.63) is 12.2 Å². The van der Waals surface area contributed by atoms with E-state index in [1.165, 1.54) is 0 Å². The van der Waals surface area contributed by atoms with Gasteiger partial charge in [-0.15, -0.1) is 0 Å². The minimum Gasteiger partial charge on any atom is -0.460 e. The lowest BCUT2D eigenvalue weighted by molar-refractivity contribution is -0.156. The van der Waals surface area contributed by atoms with Crippen molar-refractivity contribution in [1.82, 2.24) is 0 Å². The van der Waals surface area contributed by atoms with Crippen molar-refractivity contribution in [2.75, 3.05) is 0 Å². The van der Waals surface area contributed by atoms with Crippen molar-refractivity contribution in [2.24, 2.45) is 17.8 Å². The van der Waals surface area contributed by atoms with Crippen LogP contribution in [0, 0.1) is 17.8 Å². The molecule has 0 saturated carbocycles. The zero-order valence-electron chi connectivity index (χ0n) is 11.8. The van der Waals surface area contributed by atoms with Gasteiger partial charge in [0.25, 0.3) is 0 Å². The zero-order valence-corrected chi connectivity index (χ0v) is 13.8. The van der Waals surface area contributed by atoms with Crippen molar-refractivity contribution in [3.8, 4) is 0 Å². The van der Waals surface area contributed by atoms with Crippen molar-refractivity contribution in [2.45, 2.75) is 46.8 Å². The predicted molar refractivity (Wildman–Crippen MR) is 72.4 cm³/mol. The van der Waals surface area contributed by atoms with Gasteiger partial charge >= 0.3 is 5.97 Å². The largest absolute Gasteiger partial charge is 0.460 e. The van der Waals surface area contributed by atoms with Crippen LogP contribution in [0.4, 0.5) is 0 Å². The van der Waals surface area contributed by atoms with Crippen molar-refractivity contribution in [3.63, 3.8) is 0 Å². The molecule has 0 aromatic heterocycles. The standard InChI is InChI=1S/C13H26O2Si/c1-8(2)11(7)13(16,10(5)6)15-12(14)9(3)4/h8,10-11H,3H2,1-2,4-7,16H3. The second-order valence-corrected chi connectivity index (χ2v) is 7.10. The van der Waals surface area contributed by atoms with Gasteiger partial charge in [0, 0.05) is 5.57 Å². The van der Waals surface area contributed by atoms with Gasteiger partial charge in [0.15, 0.2) is 0 Å². The first-order chi connectivity index (χ1) is 7.12. The van der Waals surface area contributed by atoms with Gasteiger partial charge in [-0.2, -0.15) is 0 Å². The van der Waals surface area contributed by atoms with Crippen LogP contribution in [-0.2, 0) is 9.53 Å². The fraction of sp³-hybridized carbons (Fsp3) is 0.769. The van der Waals surface area contributed by atoms with Gasteiger partial charge in [-0.1, -0.05) is 41.2 Å². The Morgan fingerprint density at radius 1 is 1.25 bits per heavy atom. The topological polar surface area (TPSA) is 26.3 Å². The van der Waals surface area contributed by atoms with E-state index < -0.39 is 0 Å². The van der Waals surface area contributed by atoms with E-state index in [-0.39, 0.29) is 11.2 Å². The molecule has 3 heteroatoms. The van der Waals surface area contributed by atoms with E-state index in [9.17, 15) is 4.79 Å². The number of carbonyl (C=O) groups is 1. The molecule has 0 aliphatic heterocycles. The third-order valence-corrected chi connectivity index (χ3v) is 5.98. The van der Waals surface area contributed by atoms with Crippen LogP contribution in [-0.4, -0.2) is 21.4 Å². The van der Waals surface area contributed by atoms with Gasteiger partial charge in [0.2, 0.25) is 0 Å². The molecule has 94 valence electrons. The van der Waals surface area contributed by atoms with Crippen molar-refractivity contribution < 1.29 is 9.53 Å². The van der Waals surface area contributed by atoms with E-state index in [2.05, 4.69) is 41.2 Å². The first-order valence-electron chi connectivity index (χ1n) is 6.01. The summed E-state index contributed by atoms with van der Waals surface area (Å²) in [7, 11) is 0.844. The van der Waals surface area contributed by atoms with Crippen LogP contribution < -0.4 is 0 Å². The highest BCUT2D eigenvalue weighted by atomic mass is 28.1. The molecule has 16 heavy (non-hydrogen) atoms. The van der Waals surface area contributed by atoms with Gasteiger partial charge in [-0.05, 0) is 24.7 Å². The fourth-order valence-corrected chi connectivity index (χ4v) is 2.54. The number of hydrogen-bond donors (Lipinski definition) is 0. The third kappa shape index (κ3) is 3.48. The van der Waals surface area contributed by atoms with Crippen LogP contribution in [0.25, 0.3) is 0 Å². The molecule has 0 heterocycles. The molecular weight excluding hydrogens is 216 g/mol. The molecule has 0 aliphatic carbocycles. The normalized spacial score (nSPS) is 17.2. The van der Waals surface area contributed by atoms with E-state index in [4.69, 9.17) is 4.74 Å². The smallest absolute Gasteiger partial charge is 0.333 e. The van der Waals surface area contributed by atoms with Gasteiger partial charge in [-0.3, -0.25) is 0 Å². The molecule has 0 rings (SSSR count). The summed E-state index contributed by atoms with van der Waals surface area (Å²) in [5.41, 5.74) is 0.483. The Kier molecular flexibility index (Phi) is 5.46. The van der Waals surface area contributed by atoms with Crippen LogP contribution in [0.3, 0.4) is 0 Å². The van der Waals surface area contributed by atoms with Gasteiger partial charge in [0.05, 0.1) is 15.5 Å². The number of esters is 1. The van der Waals surface area contributed by atoms with Gasteiger partial charge < -0.3 is 4.74 Å². The maximum atomic E-state index is 11.7. The first-order valence-corrected chi connectivity index (χ1v) is 7.01. The summed E-state index contributed by atoms with van der Waals surface area (Å²) in [5.74, 6) is 0.983. The van der Waals surface area contributed by atoms with Crippen LogP contribution >= 0.6 is 0 Å². The summed E-state index contributed by atoms with van der Waals surface area (Å²) >= 11 is 0. The van der Waals surface area contributed by atoms with Gasteiger partial charge in [-0.25, -0.2) is 4.79 Å². The maximum absolute atomic E-state index is 11.7. The summed E-state index contributed by atoms with van der Waals surface area (Å²) in [6.07, 6.45) is 0. The molecule has 0 fully saturated rings. The fourth-order valence-electron chi connectivity index (χ4n) is 1.69. The number of carbonyl (C=O) groups excluding carboxylic acids is 1. The molecule has 0 aromatic carbocycles. The Hall–Kier alpha value is -0.573. The molecule has 0 spiro atoms. The second-order valence-electron chi connectivity index (χ2n) is 5.54. The SMILES string of the molecule is C=C(C)C(=O)OC([SiH3])(C(C)C)C(C)C(C)C. The molecule has 0 N–H and O–H groups in total. The highest BCUT2D eigenvalue weighted by Crippen LogP contribution is 2.32. The molecule has 0 amide bonds. The average molecular weight is 242 g/mol. The van der Waals surface area contributed by atoms with E-state index in [1.54, 1.807) is 6.92 Å². The molecule has 2 atom stereocenters.